The first-order valence-electron chi connectivity index (χ1n) is 7.95. The Morgan fingerprint density at radius 2 is 2.19 bits per heavy atom. The summed E-state index contributed by atoms with van der Waals surface area (Å²) in [5.74, 6) is 0.486. The van der Waals surface area contributed by atoms with Crippen molar-refractivity contribution in [2.75, 3.05) is 31.5 Å². The van der Waals surface area contributed by atoms with Crippen LogP contribution in [0, 0.1) is 0 Å². The Balaban J connectivity index is 1.97. The molecule has 2 rings (SSSR count). The third kappa shape index (κ3) is 4.29. The first-order chi connectivity index (χ1) is 10.1. The average Bonchev–Trinajstić information content (AvgIpc) is 2.99. The SMILES string of the molecule is CCN(CC(=O)Nc1ccccc1C(C)C)C1CCNC1. The minimum absolute atomic E-state index is 0.0804. The maximum absolute atomic E-state index is 12.3. The van der Waals surface area contributed by atoms with Crippen LogP contribution < -0.4 is 10.6 Å². The topological polar surface area (TPSA) is 44.4 Å². The monoisotopic (exact) mass is 289 g/mol. The molecule has 1 unspecified atom stereocenters. The molecule has 0 saturated carbocycles. The lowest BCUT2D eigenvalue weighted by Gasteiger charge is -2.26. The van der Waals surface area contributed by atoms with Gasteiger partial charge in [-0.1, -0.05) is 39.0 Å². The molecule has 1 aromatic carbocycles. The summed E-state index contributed by atoms with van der Waals surface area (Å²) in [5.41, 5.74) is 2.13. The van der Waals surface area contributed by atoms with Crippen molar-refractivity contribution in [2.24, 2.45) is 0 Å². The van der Waals surface area contributed by atoms with Crippen LogP contribution in [-0.4, -0.2) is 43.0 Å². The van der Waals surface area contributed by atoms with Gasteiger partial charge in [0.2, 0.25) is 5.91 Å². The second kappa shape index (κ2) is 7.57. The van der Waals surface area contributed by atoms with Gasteiger partial charge in [0.1, 0.15) is 0 Å². The van der Waals surface area contributed by atoms with Gasteiger partial charge in [-0.05, 0) is 37.1 Å². The maximum Gasteiger partial charge on any atom is 0.238 e. The zero-order valence-electron chi connectivity index (χ0n) is 13.4. The van der Waals surface area contributed by atoms with Crippen molar-refractivity contribution in [3.8, 4) is 0 Å². The predicted octanol–water partition coefficient (Wildman–Crippen LogP) is 2.43. The van der Waals surface area contributed by atoms with E-state index >= 15 is 0 Å². The number of nitrogens with one attached hydrogen (secondary N) is 2. The highest BCUT2D eigenvalue weighted by Crippen LogP contribution is 2.23. The molecule has 0 aliphatic carbocycles. The number of rotatable bonds is 6. The van der Waals surface area contributed by atoms with Gasteiger partial charge in [-0.2, -0.15) is 0 Å². The Morgan fingerprint density at radius 1 is 1.43 bits per heavy atom. The van der Waals surface area contributed by atoms with Crippen molar-refractivity contribution in [3.05, 3.63) is 29.8 Å². The highest BCUT2D eigenvalue weighted by atomic mass is 16.2. The number of anilines is 1. The van der Waals surface area contributed by atoms with E-state index in [0.29, 0.717) is 18.5 Å². The number of nitrogens with zero attached hydrogens (tertiary/aromatic N) is 1. The van der Waals surface area contributed by atoms with Crippen LogP contribution in [0.5, 0.6) is 0 Å². The van der Waals surface area contributed by atoms with Crippen molar-refractivity contribution in [1.82, 2.24) is 10.2 Å². The van der Waals surface area contributed by atoms with E-state index in [2.05, 4.69) is 42.4 Å². The van der Waals surface area contributed by atoms with Gasteiger partial charge in [0, 0.05) is 18.3 Å². The van der Waals surface area contributed by atoms with Crippen LogP contribution in [0.2, 0.25) is 0 Å². The van der Waals surface area contributed by atoms with Gasteiger partial charge in [0.05, 0.1) is 6.54 Å². The number of benzene rings is 1. The standard InChI is InChI=1S/C17H27N3O/c1-4-20(14-9-10-18-11-14)12-17(21)19-16-8-6-5-7-15(16)13(2)3/h5-8,13-14,18H,4,9-12H2,1-3H3,(H,19,21). The number of hydrogen-bond acceptors (Lipinski definition) is 3. The molecule has 2 N–H and O–H groups in total. The van der Waals surface area contributed by atoms with Gasteiger partial charge < -0.3 is 10.6 Å². The Bertz CT molecular complexity index is 467. The van der Waals surface area contributed by atoms with Gasteiger partial charge in [-0.25, -0.2) is 0 Å². The van der Waals surface area contributed by atoms with Gasteiger partial charge >= 0.3 is 0 Å². The number of carbonyl (C=O) groups excluding carboxylic acids is 1. The van der Waals surface area contributed by atoms with Crippen LogP contribution in [0.15, 0.2) is 24.3 Å². The lowest BCUT2D eigenvalue weighted by Crippen LogP contribution is -2.41. The van der Waals surface area contributed by atoms with E-state index in [0.717, 1.165) is 31.7 Å². The summed E-state index contributed by atoms with van der Waals surface area (Å²) in [4.78, 5) is 14.6. The number of amides is 1. The molecule has 1 amide bonds. The molecular formula is C17H27N3O. The van der Waals surface area contributed by atoms with Gasteiger partial charge in [-0.15, -0.1) is 0 Å². The molecule has 4 nitrogen and oxygen atoms in total. The lowest BCUT2D eigenvalue weighted by molar-refractivity contribution is -0.117. The number of carbonyl (C=O) groups is 1. The molecule has 0 radical (unpaired) electrons. The van der Waals surface area contributed by atoms with E-state index in [1.54, 1.807) is 0 Å². The molecule has 0 spiro atoms. The predicted molar refractivity (Wildman–Crippen MR) is 87.7 cm³/mol. The summed E-state index contributed by atoms with van der Waals surface area (Å²) in [6, 6.07) is 8.55. The number of likely N-dealkylation sites (N-methyl/N-ethyl adjacent to an activating group) is 1. The summed E-state index contributed by atoms with van der Waals surface area (Å²) < 4.78 is 0. The van der Waals surface area contributed by atoms with Crippen LogP contribution in [0.4, 0.5) is 5.69 Å². The quantitative estimate of drug-likeness (QED) is 0.845. The largest absolute Gasteiger partial charge is 0.325 e. The summed E-state index contributed by atoms with van der Waals surface area (Å²) in [6.45, 7) is 9.83. The molecule has 1 aliphatic rings. The van der Waals surface area contributed by atoms with Crippen molar-refractivity contribution < 1.29 is 4.79 Å². The van der Waals surface area contributed by atoms with Crippen molar-refractivity contribution >= 4 is 11.6 Å². The smallest absolute Gasteiger partial charge is 0.238 e. The molecule has 1 aromatic rings. The Hall–Kier alpha value is -1.39. The minimum Gasteiger partial charge on any atom is -0.325 e. The fourth-order valence-electron chi connectivity index (χ4n) is 2.94. The van der Waals surface area contributed by atoms with E-state index in [4.69, 9.17) is 0 Å². The van der Waals surface area contributed by atoms with Gasteiger partial charge in [0.25, 0.3) is 0 Å². The number of para-hydroxylation sites is 1. The highest BCUT2D eigenvalue weighted by Gasteiger charge is 2.23. The summed E-state index contributed by atoms with van der Waals surface area (Å²) in [6.07, 6.45) is 1.13. The van der Waals surface area contributed by atoms with Crippen LogP contribution in [0.25, 0.3) is 0 Å². The third-order valence-corrected chi connectivity index (χ3v) is 4.16. The molecule has 4 heteroatoms. The maximum atomic E-state index is 12.3. The number of hydrogen-bond donors (Lipinski definition) is 2. The zero-order valence-corrected chi connectivity index (χ0v) is 13.4. The van der Waals surface area contributed by atoms with Crippen LogP contribution in [0.3, 0.4) is 0 Å². The van der Waals surface area contributed by atoms with E-state index < -0.39 is 0 Å². The molecule has 1 aliphatic heterocycles. The molecule has 1 atom stereocenters. The second-order valence-corrected chi connectivity index (χ2v) is 6.00. The molecule has 116 valence electrons. The van der Waals surface area contributed by atoms with Crippen LogP contribution in [-0.2, 0) is 4.79 Å². The van der Waals surface area contributed by atoms with Crippen molar-refractivity contribution in [3.63, 3.8) is 0 Å². The molecule has 21 heavy (non-hydrogen) atoms. The summed E-state index contributed by atoms with van der Waals surface area (Å²) in [7, 11) is 0. The molecule has 1 heterocycles. The van der Waals surface area contributed by atoms with Crippen molar-refractivity contribution in [1.29, 1.82) is 0 Å². The average molecular weight is 289 g/mol. The highest BCUT2D eigenvalue weighted by molar-refractivity contribution is 5.93. The first kappa shape index (κ1) is 16.0. The van der Waals surface area contributed by atoms with Gasteiger partial charge in [0.15, 0.2) is 0 Å². The van der Waals surface area contributed by atoms with Gasteiger partial charge in [-0.3, -0.25) is 9.69 Å². The molecule has 1 saturated heterocycles. The molecular weight excluding hydrogens is 262 g/mol. The van der Waals surface area contributed by atoms with E-state index in [1.807, 2.05) is 18.2 Å². The summed E-state index contributed by atoms with van der Waals surface area (Å²) >= 11 is 0. The first-order valence-corrected chi connectivity index (χ1v) is 7.95. The van der Waals surface area contributed by atoms with Crippen molar-refractivity contribution in [2.45, 2.75) is 39.2 Å². The Labute approximate surface area is 127 Å². The Morgan fingerprint density at radius 3 is 2.81 bits per heavy atom. The Kier molecular flexibility index (Phi) is 5.76. The lowest BCUT2D eigenvalue weighted by atomic mass is 10.0. The second-order valence-electron chi connectivity index (χ2n) is 6.00. The van der Waals surface area contributed by atoms with Crippen LogP contribution in [0.1, 0.15) is 38.7 Å². The molecule has 0 bridgehead atoms. The molecule has 0 aromatic heterocycles. The third-order valence-electron chi connectivity index (χ3n) is 4.16. The van der Waals surface area contributed by atoms with E-state index in [1.165, 1.54) is 5.56 Å². The fraction of sp³-hybridized carbons (Fsp3) is 0.588. The summed E-state index contributed by atoms with van der Waals surface area (Å²) in [5, 5.41) is 6.44. The van der Waals surface area contributed by atoms with E-state index in [9.17, 15) is 4.79 Å². The molecule has 1 fully saturated rings. The van der Waals surface area contributed by atoms with Crippen LogP contribution >= 0.6 is 0 Å². The minimum atomic E-state index is 0.0804. The fourth-order valence-corrected chi connectivity index (χ4v) is 2.94. The normalized spacial score (nSPS) is 18.4. The zero-order chi connectivity index (χ0) is 15.2. The van der Waals surface area contributed by atoms with E-state index in [-0.39, 0.29) is 5.91 Å².